The Morgan fingerprint density at radius 2 is 2.03 bits per heavy atom. The number of carboxylic acids is 1. The molecule has 164 valence electrons. The minimum atomic E-state index is -0.930. The predicted molar refractivity (Wildman–Crippen MR) is 124 cm³/mol. The second-order valence-electron chi connectivity index (χ2n) is 7.94. The SMILES string of the molecule is C[C@@H](CCc1ccccc1)[C@H](O)C=CC1CCC(=O)N1CC=Cc1ccc(C(=O)O)s1. The zero-order valence-corrected chi connectivity index (χ0v) is 18.5. The Balaban J connectivity index is 1.51. The molecule has 1 amide bonds. The molecule has 0 aliphatic carbocycles. The summed E-state index contributed by atoms with van der Waals surface area (Å²) >= 11 is 1.21. The Hall–Kier alpha value is -2.70. The molecule has 0 bridgehead atoms. The molecule has 3 atom stereocenters. The third-order valence-electron chi connectivity index (χ3n) is 5.64. The smallest absolute Gasteiger partial charge is 0.345 e. The van der Waals surface area contributed by atoms with E-state index in [0.29, 0.717) is 17.8 Å². The highest BCUT2D eigenvalue weighted by molar-refractivity contribution is 7.14. The lowest BCUT2D eigenvalue weighted by atomic mass is 9.95. The second kappa shape index (κ2) is 11.1. The fourth-order valence-electron chi connectivity index (χ4n) is 3.67. The van der Waals surface area contributed by atoms with Crippen molar-refractivity contribution in [3.05, 3.63) is 76.0 Å². The van der Waals surface area contributed by atoms with Crippen molar-refractivity contribution >= 4 is 29.3 Å². The van der Waals surface area contributed by atoms with Gasteiger partial charge in [0.2, 0.25) is 5.91 Å². The number of thiophene rings is 1. The number of likely N-dealkylation sites (tertiary alicyclic amines) is 1. The van der Waals surface area contributed by atoms with Gasteiger partial charge < -0.3 is 15.1 Å². The lowest BCUT2D eigenvalue weighted by Gasteiger charge is -2.22. The topological polar surface area (TPSA) is 77.8 Å². The fourth-order valence-corrected chi connectivity index (χ4v) is 4.45. The number of carboxylic acid groups (broad SMARTS) is 1. The third-order valence-corrected chi connectivity index (χ3v) is 6.68. The first kappa shape index (κ1) is 23.0. The number of aryl methyl sites for hydroxylation is 1. The van der Waals surface area contributed by atoms with E-state index in [1.165, 1.54) is 16.9 Å². The van der Waals surface area contributed by atoms with E-state index >= 15 is 0 Å². The van der Waals surface area contributed by atoms with E-state index in [1.807, 2.05) is 49.4 Å². The van der Waals surface area contributed by atoms with Crippen LogP contribution in [0.1, 0.15) is 46.3 Å². The van der Waals surface area contributed by atoms with E-state index in [0.717, 1.165) is 24.1 Å². The van der Waals surface area contributed by atoms with E-state index in [2.05, 4.69) is 12.1 Å². The van der Waals surface area contributed by atoms with Crippen molar-refractivity contribution < 1.29 is 19.8 Å². The number of aliphatic hydroxyl groups excluding tert-OH is 1. The van der Waals surface area contributed by atoms with Gasteiger partial charge in [-0.05, 0) is 49.0 Å². The molecule has 5 nitrogen and oxygen atoms in total. The summed E-state index contributed by atoms with van der Waals surface area (Å²) in [6.45, 7) is 2.51. The van der Waals surface area contributed by atoms with Crippen LogP contribution in [0, 0.1) is 5.92 Å². The van der Waals surface area contributed by atoms with Gasteiger partial charge in [0, 0.05) is 17.8 Å². The number of carbonyl (C=O) groups excluding carboxylic acids is 1. The molecule has 1 aromatic carbocycles. The zero-order valence-electron chi connectivity index (χ0n) is 17.7. The highest BCUT2D eigenvalue weighted by Crippen LogP contribution is 2.22. The molecule has 0 spiro atoms. The molecular formula is C25H29NO4S. The van der Waals surface area contributed by atoms with Gasteiger partial charge in [0.1, 0.15) is 4.88 Å². The molecule has 1 aliphatic heterocycles. The van der Waals surface area contributed by atoms with E-state index in [4.69, 9.17) is 5.11 Å². The molecule has 1 aromatic heterocycles. The van der Waals surface area contributed by atoms with Gasteiger partial charge in [-0.2, -0.15) is 0 Å². The van der Waals surface area contributed by atoms with Gasteiger partial charge in [-0.15, -0.1) is 11.3 Å². The molecule has 2 N–H and O–H groups in total. The van der Waals surface area contributed by atoms with Crippen LogP contribution in [0.15, 0.2) is 60.7 Å². The van der Waals surface area contributed by atoms with Crippen LogP contribution in [-0.4, -0.2) is 45.7 Å². The summed E-state index contributed by atoms with van der Waals surface area (Å²) in [5.41, 5.74) is 1.27. The summed E-state index contributed by atoms with van der Waals surface area (Å²) in [6.07, 6.45) is 10.1. The standard InChI is InChI=1S/C25H29NO4S/c1-18(9-10-19-6-3-2-4-7-19)22(27)14-11-20-12-16-24(28)26(20)17-5-8-21-13-15-23(31-21)25(29)30/h2-8,11,13-15,18,20,22,27H,9-10,12,16-17H2,1H3,(H,29,30)/t18-,20?,22+/m0/s1. The summed E-state index contributed by atoms with van der Waals surface area (Å²) in [5.74, 6) is -0.700. The van der Waals surface area contributed by atoms with Crippen LogP contribution in [0.5, 0.6) is 0 Å². The van der Waals surface area contributed by atoms with E-state index in [1.54, 1.807) is 17.0 Å². The molecule has 0 saturated carbocycles. The first-order valence-electron chi connectivity index (χ1n) is 10.6. The molecule has 31 heavy (non-hydrogen) atoms. The number of rotatable bonds is 10. The normalized spacial score (nSPS) is 18.8. The largest absolute Gasteiger partial charge is 0.477 e. The predicted octanol–water partition coefficient (Wildman–Crippen LogP) is 4.64. The lowest BCUT2D eigenvalue weighted by molar-refractivity contribution is -0.127. The number of aliphatic hydroxyl groups is 1. The van der Waals surface area contributed by atoms with Crippen molar-refractivity contribution in [2.75, 3.05) is 6.54 Å². The minimum absolute atomic E-state index is 0.0222. The Kier molecular flexibility index (Phi) is 8.20. The monoisotopic (exact) mass is 439 g/mol. The zero-order chi connectivity index (χ0) is 22.2. The molecule has 1 saturated heterocycles. The summed E-state index contributed by atoms with van der Waals surface area (Å²) in [6, 6.07) is 13.6. The number of amides is 1. The number of benzene rings is 1. The van der Waals surface area contributed by atoms with Crippen molar-refractivity contribution in [1.29, 1.82) is 0 Å². The van der Waals surface area contributed by atoms with Gasteiger partial charge >= 0.3 is 5.97 Å². The molecule has 1 aliphatic rings. The molecule has 1 unspecified atom stereocenters. The average Bonchev–Trinajstić information content (AvgIpc) is 3.38. The highest BCUT2D eigenvalue weighted by Gasteiger charge is 2.28. The number of hydrogen-bond acceptors (Lipinski definition) is 4. The highest BCUT2D eigenvalue weighted by atomic mass is 32.1. The Morgan fingerprint density at radius 1 is 1.26 bits per heavy atom. The van der Waals surface area contributed by atoms with Crippen LogP contribution in [0.2, 0.25) is 0 Å². The first-order valence-corrected chi connectivity index (χ1v) is 11.4. The van der Waals surface area contributed by atoms with Crippen LogP contribution in [-0.2, 0) is 11.2 Å². The Bertz CT molecular complexity index is 934. The van der Waals surface area contributed by atoms with Crippen LogP contribution in [0.25, 0.3) is 6.08 Å². The molecule has 0 radical (unpaired) electrons. The number of nitrogens with zero attached hydrogens (tertiary/aromatic N) is 1. The summed E-state index contributed by atoms with van der Waals surface area (Å²) in [4.78, 5) is 26.2. The number of carbonyl (C=O) groups is 2. The van der Waals surface area contributed by atoms with Gasteiger partial charge in [0.15, 0.2) is 0 Å². The van der Waals surface area contributed by atoms with Crippen LogP contribution < -0.4 is 0 Å². The lowest BCUT2D eigenvalue weighted by Crippen LogP contribution is -2.32. The van der Waals surface area contributed by atoms with Gasteiger partial charge in [-0.3, -0.25) is 4.79 Å². The summed E-state index contributed by atoms with van der Waals surface area (Å²) in [7, 11) is 0. The van der Waals surface area contributed by atoms with Gasteiger partial charge in [-0.1, -0.05) is 55.5 Å². The summed E-state index contributed by atoms with van der Waals surface area (Å²) < 4.78 is 0. The van der Waals surface area contributed by atoms with Crippen molar-refractivity contribution in [2.45, 2.75) is 44.8 Å². The van der Waals surface area contributed by atoms with E-state index in [9.17, 15) is 14.7 Å². The second-order valence-corrected chi connectivity index (χ2v) is 9.05. The van der Waals surface area contributed by atoms with Crippen LogP contribution in [0.3, 0.4) is 0 Å². The molecule has 2 heterocycles. The van der Waals surface area contributed by atoms with E-state index in [-0.39, 0.29) is 17.9 Å². The maximum atomic E-state index is 12.3. The van der Waals surface area contributed by atoms with Gasteiger partial charge in [-0.25, -0.2) is 4.79 Å². The maximum absolute atomic E-state index is 12.3. The van der Waals surface area contributed by atoms with Crippen molar-refractivity contribution in [2.24, 2.45) is 5.92 Å². The fraction of sp³-hybridized carbons (Fsp3) is 0.360. The number of aromatic carboxylic acids is 1. The molecule has 3 rings (SSSR count). The van der Waals surface area contributed by atoms with Crippen LogP contribution >= 0.6 is 11.3 Å². The Labute approximate surface area is 187 Å². The molecular weight excluding hydrogens is 410 g/mol. The van der Waals surface area contributed by atoms with Gasteiger partial charge in [0.25, 0.3) is 0 Å². The van der Waals surface area contributed by atoms with Gasteiger partial charge in [0.05, 0.1) is 12.1 Å². The molecule has 6 heteroatoms. The first-order chi connectivity index (χ1) is 14.9. The van der Waals surface area contributed by atoms with Crippen LogP contribution in [0.4, 0.5) is 0 Å². The van der Waals surface area contributed by atoms with Crippen molar-refractivity contribution in [3.8, 4) is 0 Å². The maximum Gasteiger partial charge on any atom is 0.345 e. The quantitative estimate of drug-likeness (QED) is 0.529. The third kappa shape index (κ3) is 6.64. The van der Waals surface area contributed by atoms with Crippen molar-refractivity contribution in [1.82, 2.24) is 4.90 Å². The minimum Gasteiger partial charge on any atom is -0.477 e. The molecule has 1 fully saturated rings. The average molecular weight is 440 g/mol. The number of hydrogen-bond donors (Lipinski definition) is 2. The van der Waals surface area contributed by atoms with Crippen molar-refractivity contribution in [3.63, 3.8) is 0 Å². The van der Waals surface area contributed by atoms with E-state index < -0.39 is 12.1 Å². The molecule has 2 aromatic rings. The Morgan fingerprint density at radius 3 is 2.74 bits per heavy atom. The summed E-state index contributed by atoms with van der Waals surface area (Å²) in [5, 5.41) is 19.5.